The van der Waals surface area contributed by atoms with Gasteiger partial charge in [0.15, 0.2) is 6.10 Å². The van der Waals surface area contributed by atoms with Crippen molar-refractivity contribution in [1.29, 1.82) is 0 Å². The van der Waals surface area contributed by atoms with E-state index in [9.17, 15) is 14.4 Å². The molecule has 0 aliphatic rings. The van der Waals surface area contributed by atoms with E-state index in [0.29, 0.717) is 19.3 Å². The van der Waals surface area contributed by atoms with E-state index in [1.54, 1.807) is 0 Å². The first-order chi connectivity index (χ1) is 27.5. The van der Waals surface area contributed by atoms with Crippen molar-refractivity contribution in [3.63, 3.8) is 0 Å². The van der Waals surface area contributed by atoms with Gasteiger partial charge in [-0.25, -0.2) is 0 Å². The molecular weight excluding hydrogens is 697 g/mol. The van der Waals surface area contributed by atoms with Gasteiger partial charge in [-0.15, -0.1) is 0 Å². The molecule has 0 saturated heterocycles. The summed E-state index contributed by atoms with van der Waals surface area (Å²) < 4.78 is 16.6. The van der Waals surface area contributed by atoms with Crippen LogP contribution in [0.15, 0.2) is 36.5 Å². The minimum absolute atomic E-state index is 0.0781. The molecule has 0 spiro atoms. The molecule has 6 heteroatoms. The molecule has 0 aromatic heterocycles. The fourth-order valence-electron chi connectivity index (χ4n) is 6.69. The van der Waals surface area contributed by atoms with E-state index in [2.05, 4.69) is 57.2 Å². The van der Waals surface area contributed by atoms with E-state index in [1.165, 1.54) is 116 Å². The van der Waals surface area contributed by atoms with Crippen LogP contribution in [0.3, 0.4) is 0 Å². The predicted octanol–water partition coefficient (Wildman–Crippen LogP) is 15.4. The maximum Gasteiger partial charge on any atom is 0.306 e. The van der Waals surface area contributed by atoms with Gasteiger partial charge in [0.25, 0.3) is 0 Å². The molecule has 0 aliphatic heterocycles. The second-order valence-electron chi connectivity index (χ2n) is 16.0. The summed E-state index contributed by atoms with van der Waals surface area (Å²) in [7, 11) is 0. The fraction of sp³-hybridized carbons (Fsp3) is 0.820. The minimum Gasteiger partial charge on any atom is -0.462 e. The summed E-state index contributed by atoms with van der Waals surface area (Å²) in [5.41, 5.74) is 0. The lowest BCUT2D eigenvalue weighted by molar-refractivity contribution is -0.167. The molecule has 0 radical (unpaired) electrons. The normalized spacial score (nSPS) is 12.3. The van der Waals surface area contributed by atoms with Gasteiger partial charge in [-0.2, -0.15) is 0 Å². The van der Waals surface area contributed by atoms with Gasteiger partial charge in [0.1, 0.15) is 13.2 Å². The summed E-state index contributed by atoms with van der Waals surface area (Å²) in [5.74, 6) is -0.904. The Kier molecular flexibility index (Phi) is 43.4. The number of carbonyl (C=O) groups excluding carboxylic acids is 3. The quantitative estimate of drug-likeness (QED) is 0.0265. The molecule has 1 unspecified atom stereocenters. The number of ether oxygens (including phenoxy) is 3. The summed E-state index contributed by atoms with van der Waals surface area (Å²) >= 11 is 0. The smallest absolute Gasteiger partial charge is 0.306 e. The summed E-state index contributed by atoms with van der Waals surface area (Å²) in [6.07, 6.45) is 51.6. The highest BCUT2D eigenvalue weighted by atomic mass is 16.6. The summed E-state index contributed by atoms with van der Waals surface area (Å²) in [6, 6.07) is 0. The number of carbonyl (C=O) groups is 3. The highest BCUT2D eigenvalue weighted by Crippen LogP contribution is 2.14. The first-order valence-electron chi connectivity index (χ1n) is 24.0. The van der Waals surface area contributed by atoms with Gasteiger partial charge >= 0.3 is 17.9 Å². The maximum absolute atomic E-state index is 12.7. The number of hydrogen-bond donors (Lipinski definition) is 0. The Morgan fingerprint density at radius 1 is 0.357 bits per heavy atom. The van der Waals surface area contributed by atoms with Gasteiger partial charge in [-0.1, -0.05) is 192 Å². The maximum atomic E-state index is 12.7. The molecule has 0 aromatic carbocycles. The number of rotatable bonds is 43. The zero-order valence-corrected chi connectivity index (χ0v) is 37.2. The van der Waals surface area contributed by atoms with Crippen molar-refractivity contribution < 1.29 is 28.6 Å². The van der Waals surface area contributed by atoms with Gasteiger partial charge < -0.3 is 14.2 Å². The molecule has 0 N–H and O–H groups in total. The standard InChI is InChI=1S/C50H90O6/c1-4-7-10-13-15-17-19-21-23-24-25-26-27-29-30-32-34-37-40-43-49(52)55-46-47(45-54-48(51)42-39-36-12-9-6-3)56-50(53)44-41-38-35-33-31-28-22-20-18-16-14-11-8-5-2/h14,16,20-23,47H,4-13,15,17-19,24-46H2,1-3H3/b16-14-,22-20-,23-21-. The summed E-state index contributed by atoms with van der Waals surface area (Å²) in [6.45, 7) is 6.50. The zero-order chi connectivity index (χ0) is 40.8. The highest BCUT2D eigenvalue weighted by molar-refractivity contribution is 5.71. The van der Waals surface area contributed by atoms with Gasteiger partial charge in [0, 0.05) is 19.3 Å². The lowest BCUT2D eigenvalue weighted by Crippen LogP contribution is -2.30. The van der Waals surface area contributed by atoms with E-state index < -0.39 is 6.10 Å². The molecule has 0 bridgehead atoms. The number of allylic oxidation sites excluding steroid dienone is 6. The summed E-state index contributed by atoms with van der Waals surface area (Å²) in [4.78, 5) is 37.5. The largest absolute Gasteiger partial charge is 0.462 e. The van der Waals surface area contributed by atoms with E-state index in [1.807, 2.05) is 0 Å². The van der Waals surface area contributed by atoms with Crippen molar-refractivity contribution >= 4 is 17.9 Å². The Labute approximate surface area is 346 Å². The van der Waals surface area contributed by atoms with Crippen molar-refractivity contribution in [3.05, 3.63) is 36.5 Å². The molecular formula is C50H90O6. The topological polar surface area (TPSA) is 78.9 Å². The van der Waals surface area contributed by atoms with Crippen LogP contribution in [0.5, 0.6) is 0 Å². The van der Waals surface area contributed by atoms with E-state index in [0.717, 1.165) is 89.9 Å². The highest BCUT2D eigenvalue weighted by Gasteiger charge is 2.19. The molecule has 0 rings (SSSR count). The zero-order valence-electron chi connectivity index (χ0n) is 37.2. The van der Waals surface area contributed by atoms with Crippen molar-refractivity contribution in [2.24, 2.45) is 0 Å². The average Bonchev–Trinajstić information content (AvgIpc) is 3.19. The Morgan fingerprint density at radius 2 is 0.661 bits per heavy atom. The second kappa shape index (κ2) is 45.3. The SMILES string of the molecule is CCCC/C=C\C/C=C\CCCCCCCC(=O)OC(COC(=O)CCCCCCC)COC(=O)CCCCCCCCCCC/C=C\CCCCCCCC. The molecule has 0 aliphatic carbocycles. The minimum atomic E-state index is -0.773. The second-order valence-corrected chi connectivity index (χ2v) is 16.0. The first kappa shape index (κ1) is 53.6. The van der Waals surface area contributed by atoms with Crippen molar-refractivity contribution in [2.45, 2.75) is 252 Å². The lowest BCUT2D eigenvalue weighted by atomic mass is 10.1. The van der Waals surface area contributed by atoms with Crippen molar-refractivity contribution in [1.82, 2.24) is 0 Å². The third kappa shape index (κ3) is 42.8. The Morgan fingerprint density at radius 3 is 1.05 bits per heavy atom. The third-order valence-corrected chi connectivity index (χ3v) is 10.4. The molecule has 0 fully saturated rings. The van der Waals surface area contributed by atoms with Crippen LogP contribution in [-0.4, -0.2) is 37.2 Å². The molecule has 326 valence electrons. The van der Waals surface area contributed by atoms with Crippen LogP contribution in [0.25, 0.3) is 0 Å². The average molecular weight is 787 g/mol. The van der Waals surface area contributed by atoms with Crippen LogP contribution in [-0.2, 0) is 28.6 Å². The molecule has 0 saturated carbocycles. The molecule has 0 heterocycles. The Balaban J connectivity index is 4.18. The Bertz CT molecular complexity index is 953. The van der Waals surface area contributed by atoms with Gasteiger partial charge in [0.2, 0.25) is 0 Å². The van der Waals surface area contributed by atoms with Crippen molar-refractivity contribution in [3.8, 4) is 0 Å². The van der Waals surface area contributed by atoms with Crippen LogP contribution in [0.1, 0.15) is 245 Å². The van der Waals surface area contributed by atoms with Crippen LogP contribution in [0.2, 0.25) is 0 Å². The lowest BCUT2D eigenvalue weighted by Gasteiger charge is -2.18. The summed E-state index contributed by atoms with van der Waals surface area (Å²) in [5, 5.41) is 0. The molecule has 0 amide bonds. The molecule has 6 nitrogen and oxygen atoms in total. The molecule has 1 atom stereocenters. The van der Waals surface area contributed by atoms with Gasteiger partial charge in [-0.3, -0.25) is 14.4 Å². The Hall–Kier alpha value is -2.37. The predicted molar refractivity (Wildman–Crippen MR) is 238 cm³/mol. The van der Waals surface area contributed by atoms with Crippen molar-refractivity contribution in [2.75, 3.05) is 13.2 Å². The molecule has 56 heavy (non-hydrogen) atoms. The van der Waals surface area contributed by atoms with Gasteiger partial charge in [0.05, 0.1) is 0 Å². The van der Waals surface area contributed by atoms with Crippen LogP contribution in [0.4, 0.5) is 0 Å². The third-order valence-electron chi connectivity index (χ3n) is 10.4. The molecule has 0 aromatic rings. The number of esters is 3. The fourth-order valence-corrected chi connectivity index (χ4v) is 6.69. The number of unbranched alkanes of at least 4 members (excludes halogenated alkanes) is 26. The van der Waals surface area contributed by atoms with E-state index >= 15 is 0 Å². The van der Waals surface area contributed by atoms with Crippen LogP contribution >= 0.6 is 0 Å². The first-order valence-corrected chi connectivity index (χ1v) is 24.0. The van der Waals surface area contributed by atoms with E-state index in [4.69, 9.17) is 14.2 Å². The van der Waals surface area contributed by atoms with Crippen LogP contribution < -0.4 is 0 Å². The monoisotopic (exact) mass is 787 g/mol. The number of hydrogen-bond acceptors (Lipinski definition) is 6. The van der Waals surface area contributed by atoms with Crippen LogP contribution in [0, 0.1) is 0 Å². The van der Waals surface area contributed by atoms with E-state index in [-0.39, 0.29) is 31.1 Å². The van der Waals surface area contributed by atoms with Gasteiger partial charge in [-0.05, 0) is 70.6 Å².